The molecular weight excluding hydrogens is 1340 g/mol. The molecule has 528 valence electrons. The van der Waals surface area contributed by atoms with Crippen molar-refractivity contribution in [2.24, 2.45) is 58.4 Å². The van der Waals surface area contributed by atoms with E-state index in [9.17, 15) is 58.0 Å². The van der Waals surface area contributed by atoms with Gasteiger partial charge in [-0.05, 0) is 131 Å². The monoisotopic (exact) mass is 1420 g/mol. The highest BCUT2D eigenvalue weighted by atomic mass is 35.5. The summed E-state index contributed by atoms with van der Waals surface area (Å²) in [6.45, 7) is 1.92. The fourth-order valence-electron chi connectivity index (χ4n) is 12.4. The van der Waals surface area contributed by atoms with E-state index in [4.69, 9.17) is 57.7 Å². The summed E-state index contributed by atoms with van der Waals surface area (Å²) in [5.41, 5.74) is 24.8. The number of nitrogens with one attached hydrogen (secondary N) is 11. The number of rotatable bonds is 25. The van der Waals surface area contributed by atoms with Crippen molar-refractivity contribution in [3.8, 4) is 6.07 Å². The number of nitrogens with zero attached hydrogens (tertiary/aromatic N) is 1. The Morgan fingerprint density at radius 2 is 0.808 bits per heavy atom. The molecule has 0 bridgehead atoms. The molecule has 19 N–H and O–H groups in total. The second-order valence-electron chi connectivity index (χ2n) is 26.4. The summed E-state index contributed by atoms with van der Waals surface area (Å²) in [5, 5.41) is 35.5. The van der Waals surface area contributed by atoms with Gasteiger partial charge in [-0.15, -0.1) is 0 Å². The fourth-order valence-corrected chi connectivity index (χ4v) is 13.0. The highest BCUT2D eigenvalue weighted by molar-refractivity contribution is 6.36. The van der Waals surface area contributed by atoms with Crippen LogP contribution in [-0.4, -0.2) is 136 Å². The number of H-pyrrole nitrogens is 3. The Kier molecular flexibility index (Phi) is 25.8. The number of carbonyl (C=O) groups excluding carboxylic acids is 11. The first-order valence-electron chi connectivity index (χ1n) is 33.6. The maximum Gasteiger partial charge on any atom is 0.268 e. The first-order valence-corrected chi connectivity index (χ1v) is 34.8. The van der Waals surface area contributed by atoms with E-state index in [-0.39, 0.29) is 66.3 Å². The summed E-state index contributed by atoms with van der Waals surface area (Å²) in [4.78, 5) is 143. The number of hydrogen-bond acceptors (Lipinski definition) is 13. The topological polar surface area (TPSA) is 459 Å². The molecule has 3 aromatic heterocycles. The maximum absolute atomic E-state index is 13.1. The zero-order valence-electron chi connectivity index (χ0n) is 54.6. The Morgan fingerprint density at radius 1 is 0.455 bits per heavy atom. The molecule has 99 heavy (non-hydrogen) atoms. The molecule has 6 aliphatic rings. The van der Waals surface area contributed by atoms with Gasteiger partial charge in [-0.25, -0.2) is 0 Å². The van der Waals surface area contributed by atoms with Crippen LogP contribution in [0.1, 0.15) is 147 Å². The van der Waals surface area contributed by atoms with Gasteiger partial charge in [-0.2, -0.15) is 5.26 Å². The number of nitriles is 1. The lowest BCUT2D eigenvalue weighted by molar-refractivity contribution is -0.131. The first-order chi connectivity index (χ1) is 47.4. The van der Waals surface area contributed by atoms with E-state index in [1.807, 2.05) is 24.3 Å². The number of halogens is 3. The number of fused-ring (bicyclic) bond motifs is 3. The van der Waals surface area contributed by atoms with E-state index in [1.54, 1.807) is 48.5 Å². The van der Waals surface area contributed by atoms with E-state index in [2.05, 4.69) is 63.6 Å². The van der Waals surface area contributed by atoms with Crippen LogP contribution in [0.4, 0.5) is 0 Å². The smallest absolute Gasteiger partial charge is 0.268 e. The van der Waals surface area contributed by atoms with Gasteiger partial charge in [0.25, 0.3) is 17.7 Å². The summed E-state index contributed by atoms with van der Waals surface area (Å²) >= 11 is 18.3. The number of aromatic amines is 3. The molecule has 30 heteroatoms. The molecule has 12 rings (SSSR count). The van der Waals surface area contributed by atoms with Crippen LogP contribution >= 0.6 is 34.8 Å². The van der Waals surface area contributed by atoms with Gasteiger partial charge in [0.1, 0.15) is 47.3 Å². The number of piperidine rings is 3. The largest absolute Gasteiger partial charge is 0.368 e. The molecule has 0 spiro atoms. The Labute approximate surface area is 585 Å². The number of primary amides is 3. The molecule has 0 radical (unpaired) electrons. The van der Waals surface area contributed by atoms with Gasteiger partial charge in [0.2, 0.25) is 47.3 Å². The molecule has 3 saturated carbocycles. The average Bonchev–Trinajstić information content (AvgIpc) is 1.69. The normalized spacial score (nSPS) is 19.8. The third-order valence-corrected chi connectivity index (χ3v) is 19.5. The summed E-state index contributed by atoms with van der Waals surface area (Å²) in [7, 11) is 0. The van der Waals surface area contributed by atoms with E-state index in [0.29, 0.717) is 113 Å². The zero-order chi connectivity index (χ0) is 71.0. The lowest BCUT2D eigenvalue weighted by Crippen LogP contribution is -2.54. The van der Waals surface area contributed by atoms with Crippen molar-refractivity contribution < 1.29 is 52.7 Å². The van der Waals surface area contributed by atoms with Gasteiger partial charge >= 0.3 is 0 Å². The number of benzene rings is 3. The lowest BCUT2D eigenvalue weighted by Gasteiger charge is -2.27. The molecular formula is C69H85Cl3N16O11. The van der Waals surface area contributed by atoms with Gasteiger partial charge < -0.3 is 80.4 Å². The molecule has 9 atom stereocenters. The van der Waals surface area contributed by atoms with Crippen molar-refractivity contribution in [1.82, 2.24) is 57.5 Å². The third kappa shape index (κ3) is 21.4. The maximum atomic E-state index is 13.1. The fraction of sp³-hybridized carbons (Fsp3) is 0.478. The molecule has 3 aliphatic carbocycles. The highest BCUT2D eigenvalue weighted by Gasteiger charge is 2.37. The van der Waals surface area contributed by atoms with Crippen molar-refractivity contribution in [1.29, 1.82) is 5.26 Å². The van der Waals surface area contributed by atoms with Crippen LogP contribution in [0.15, 0.2) is 72.8 Å². The van der Waals surface area contributed by atoms with Crippen molar-refractivity contribution in [2.75, 3.05) is 19.6 Å². The van der Waals surface area contributed by atoms with Gasteiger partial charge in [-0.1, -0.05) is 110 Å². The van der Waals surface area contributed by atoms with Crippen LogP contribution in [0.3, 0.4) is 0 Å². The quantitative estimate of drug-likeness (QED) is 0.0352. The minimum Gasteiger partial charge on any atom is -0.368 e. The molecule has 3 aliphatic heterocycles. The third-order valence-electron chi connectivity index (χ3n) is 18.5. The number of para-hydroxylation sites is 3. The highest BCUT2D eigenvalue weighted by Crippen LogP contribution is 2.36. The standard InChI is InChI=1S/C23H28ClN5O4.C23H26ClN5O3.C14H24N4O3.C9H7ClN2O/c24-15-5-1-3-13-10-18(27-19(13)15)23(33)29-17(9-12-6-7-12)22(32)28-16(20(25)30)11-14-4-2-8-26-21(14)31;24-17-5-1-3-14-11-19(28-20(14)17)23(32)29-18(9-13-6-7-13)22(31)27-16(12-25)10-15-4-2-8-26-21(15)30;15-10(6-8-3-4-8)14(21)18-11(12(16)19)7-9-2-1-5-17-13(9)20;10-6-3-1-2-5-4-7(9(11)13)12-8(5)6/h1,3,5,10,12,14,16-17,27H,2,4,6-9,11H2,(H2,25,30)(H,26,31)(H,28,32)(H,29,33);1,3,5,11,13,15-16,18,28H,2,4,6-10H2,(H,26,30)(H,27,31)(H,29,32);8-11H,1-7,15H2,(H2,16,19)(H,17,20)(H,18,21);1-4,12H,(H2,11,13)/t14-,16-,17-;15-,16-,18-;9-,10-,11-;/m000./s1. The Morgan fingerprint density at radius 3 is 1.16 bits per heavy atom. The van der Waals surface area contributed by atoms with Crippen LogP contribution in [-0.2, 0) is 38.4 Å². The van der Waals surface area contributed by atoms with E-state index in [0.717, 1.165) is 79.5 Å². The molecule has 11 amide bonds. The van der Waals surface area contributed by atoms with E-state index >= 15 is 0 Å². The molecule has 27 nitrogen and oxygen atoms in total. The number of aromatic nitrogens is 3. The predicted octanol–water partition coefficient (Wildman–Crippen LogP) is 5.17. The number of nitrogens with two attached hydrogens (primary N) is 4. The van der Waals surface area contributed by atoms with Crippen LogP contribution in [0, 0.1) is 46.8 Å². The number of hydrogen-bond donors (Lipinski definition) is 15. The van der Waals surface area contributed by atoms with Gasteiger partial charge in [0, 0.05) is 53.5 Å². The predicted molar refractivity (Wildman–Crippen MR) is 372 cm³/mol. The Hall–Kier alpha value is -9.23. The molecule has 3 aromatic carbocycles. The second-order valence-corrected chi connectivity index (χ2v) is 27.7. The minimum atomic E-state index is -0.989. The van der Waals surface area contributed by atoms with Crippen LogP contribution < -0.4 is 65.5 Å². The summed E-state index contributed by atoms with van der Waals surface area (Å²) in [6.07, 6.45) is 13.1. The van der Waals surface area contributed by atoms with E-state index in [1.165, 1.54) is 0 Å². The molecule has 3 saturated heterocycles. The molecule has 6 heterocycles. The molecule has 6 fully saturated rings. The Bertz CT molecular complexity index is 4020. The first kappa shape index (κ1) is 74.0. The van der Waals surface area contributed by atoms with Crippen molar-refractivity contribution >= 4 is 132 Å². The molecule has 0 unspecified atom stereocenters. The minimum absolute atomic E-state index is 0.0777. The van der Waals surface area contributed by atoms with Crippen LogP contribution in [0.5, 0.6) is 0 Å². The lowest BCUT2D eigenvalue weighted by atomic mass is 9.91. The Balaban J connectivity index is 0.000000162. The zero-order valence-corrected chi connectivity index (χ0v) is 56.9. The van der Waals surface area contributed by atoms with Gasteiger partial charge in [0.05, 0.1) is 43.7 Å². The van der Waals surface area contributed by atoms with Crippen molar-refractivity contribution in [3.63, 3.8) is 0 Å². The van der Waals surface area contributed by atoms with Gasteiger partial charge in [-0.3, -0.25) is 52.7 Å². The average molecular weight is 1420 g/mol. The SMILES string of the molecule is N#C[C@H](C[C@@H]1CCCNC1=O)NC(=O)[C@H](CC1CC1)NC(=O)c1cc2cccc(Cl)c2[nH]1.NC(=O)[C@H](C[C@@H]1CCCNC1=O)NC(=O)[C@@H](N)CC1CC1.NC(=O)[C@H](C[C@@H]1CCCNC1=O)NC(=O)[C@H](CC1CC1)NC(=O)c1cc2cccc(Cl)c2[nH]1.NC(=O)c1cc2cccc(Cl)c2[nH]1. The second kappa shape index (κ2) is 34.5. The van der Waals surface area contributed by atoms with E-state index < -0.39 is 77.6 Å². The summed E-state index contributed by atoms with van der Waals surface area (Å²) in [5.74, 6) is -3.89. The van der Waals surface area contributed by atoms with Crippen LogP contribution in [0.25, 0.3) is 32.7 Å². The van der Waals surface area contributed by atoms with Crippen LogP contribution in [0.2, 0.25) is 15.1 Å². The summed E-state index contributed by atoms with van der Waals surface area (Å²) < 4.78 is 0. The van der Waals surface area contributed by atoms with Gasteiger partial charge in [0.15, 0.2) is 0 Å². The van der Waals surface area contributed by atoms with Crippen molar-refractivity contribution in [3.05, 3.63) is 105 Å². The number of carbonyl (C=O) groups is 11. The molecule has 6 aromatic rings. The summed E-state index contributed by atoms with van der Waals surface area (Å²) in [6, 6.07) is 18.5. The number of amides is 11. The van der Waals surface area contributed by atoms with Crippen molar-refractivity contribution in [2.45, 2.75) is 152 Å².